The van der Waals surface area contributed by atoms with Gasteiger partial charge in [-0.2, -0.15) is 0 Å². The van der Waals surface area contributed by atoms with Gasteiger partial charge in [-0.15, -0.1) is 0 Å². The number of carbonyl (C=O) groups is 1. The molecule has 2 unspecified atom stereocenters. The highest BCUT2D eigenvalue weighted by Gasteiger charge is 2.48. The standard InChI is InChI=1S/C15H28N2O2/c1-11(2)7-9-17(3)13-6-8-15(10-13,14(18)19)16-12-4-5-12/h11-13,16H,4-10H2,1-3H3,(H,18,19). The third-order valence-electron chi connectivity index (χ3n) is 4.64. The van der Waals surface area contributed by atoms with Crippen molar-refractivity contribution in [3.63, 3.8) is 0 Å². The van der Waals surface area contributed by atoms with Crippen molar-refractivity contribution in [3.05, 3.63) is 0 Å². The molecule has 2 N–H and O–H groups in total. The van der Waals surface area contributed by atoms with Gasteiger partial charge < -0.3 is 10.0 Å². The van der Waals surface area contributed by atoms with Gasteiger partial charge in [0.1, 0.15) is 5.54 Å². The van der Waals surface area contributed by atoms with E-state index < -0.39 is 11.5 Å². The predicted octanol–water partition coefficient (Wildman–Crippen LogP) is 2.09. The molecule has 4 heteroatoms. The van der Waals surface area contributed by atoms with E-state index in [9.17, 15) is 9.90 Å². The number of carboxylic acids is 1. The summed E-state index contributed by atoms with van der Waals surface area (Å²) in [6, 6.07) is 0.872. The highest BCUT2D eigenvalue weighted by Crippen LogP contribution is 2.36. The highest BCUT2D eigenvalue weighted by atomic mass is 16.4. The Morgan fingerprint density at radius 2 is 2.11 bits per heavy atom. The molecule has 0 heterocycles. The molecule has 19 heavy (non-hydrogen) atoms. The van der Waals surface area contributed by atoms with Gasteiger partial charge in [0.15, 0.2) is 0 Å². The maximum Gasteiger partial charge on any atom is 0.323 e. The number of nitrogens with zero attached hydrogens (tertiary/aromatic N) is 1. The van der Waals surface area contributed by atoms with E-state index in [1.165, 1.54) is 6.42 Å². The minimum Gasteiger partial charge on any atom is -0.480 e. The van der Waals surface area contributed by atoms with Gasteiger partial charge in [-0.05, 0) is 58.0 Å². The third-order valence-corrected chi connectivity index (χ3v) is 4.64. The topological polar surface area (TPSA) is 52.6 Å². The second kappa shape index (κ2) is 5.80. The molecule has 0 aromatic heterocycles. The first kappa shape index (κ1) is 14.8. The van der Waals surface area contributed by atoms with Gasteiger partial charge in [0.2, 0.25) is 0 Å². The number of hydrogen-bond donors (Lipinski definition) is 2. The fourth-order valence-electron chi connectivity index (χ4n) is 3.05. The number of nitrogens with one attached hydrogen (secondary N) is 1. The predicted molar refractivity (Wildman–Crippen MR) is 76.2 cm³/mol. The number of rotatable bonds is 7. The van der Waals surface area contributed by atoms with E-state index in [2.05, 4.69) is 31.1 Å². The highest BCUT2D eigenvalue weighted by molar-refractivity contribution is 5.79. The van der Waals surface area contributed by atoms with E-state index >= 15 is 0 Å². The first-order valence-corrected chi connectivity index (χ1v) is 7.64. The molecule has 2 aliphatic rings. The summed E-state index contributed by atoms with van der Waals surface area (Å²) in [5.41, 5.74) is -0.655. The second-order valence-electron chi connectivity index (χ2n) is 6.87. The molecule has 110 valence electrons. The lowest BCUT2D eigenvalue weighted by Crippen LogP contribution is -2.52. The van der Waals surface area contributed by atoms with Crippen molar-refractivity contribution < 1.29 is 9.90 Å². The summed E-state index contributed by atoms with van der Waals surface area (Å²) in [4.78, 5) is 14.0. The average Bonchev–Trinajstić information content (AvgIpc) is 3.03. The van der Waals surface area contributed by atoms with Crippen LogP contribution in [0.1, 0.15) is 52.4 Å². The number of hydrogen-bond acceptors (Lipinski definition) is 3. The van der Waals surface area contributed by atoms with Crippen LogP contribution >= 0.6 is 0 Å². The van der Waals surface area contributed by atoms with Crippen LogP contribution in [-0.4, -0.2) is 47.2 Å². The van der Waals surface area contributed by atoms with Crippen LogP contribution in [-0.2, 0) is 4.79 Å². The van der Waals surface area contributed by atoms with Crippen LogP contribution < -0.4 is 5.32 Å². The third kappa shape index (κ3) is 3.69. The SMILES string of the molecule is CC(C)CCN(C)C1CCC(NC2CC2)(C(=O)O)C1. The molecule has 4 nitrogen and oxygen atoms in total. The summed E-state index contributed by atoms with van der Waals surface area (Å²) >= 11 is 0. The van der Waals surface area contributed by atoms with Crippen LogP contribution in [0.25, 0.3) is 0 Å². The summed E-state index contributed by atoms with van der Waals surface area (Å²) in [7, 11) is 2.14. The molecular formula is C15H28N2O2. The van der Waals surface area contributed by atoms with Crippen molar-refractivity contribution >= 4 is 5.97 Å². The average molecular weight is 268 g/mol. The van der Waals surface area contributed by atoms with Crippen molar-refractivity contribution in [2.75, 3.05) is 13.6 Å². The zero-order valence-corrected chi connectivity index (χ0v) is 12.5. The summed E-state index contributed by atoms with van der Waals surface area (Å²) in [5.74, 6) is 0.0526. The minimum absolute atomic E-state index is 0.418. The van der Waals surface area contributed by atoms with Crippen LogP contribution in [0.2, 0.25) is 0 Å². The van der Waals surface area contributed by atoms with Gasteiger partial charge >= 0.3 is 5.97 Å². The van der Waals surface area contributed by atoms with Gasteiger partial charge in [-0.3, -0.25) is 10.1 Å². The van der Waals surface area contributed by atoms with Crippen LogP contribution in [0.3, 0.4) is 0 Å². The van der Waals surface area contributed by atoms with Gasteiger partial charge in [-0.1, -0.05) is 13.8 Å². The number of aliphatic carboxylic acids is 1. The van der Waals surface area contributed by atoms with Crippen molar-refractivity contribution in [1.29, 1.82) is 0 Å². The van der Waals surface area contributed by atoms with Crippen LogP contribution in [0.4, 0.5) is 0 Å². The van der Waals surface area contributed by atoms with Gasteiger partial charge in [0.25, 0.3) is 0 Å². The van der Waals surface area contributed by atoms with Gasteiger partial charge in [0, 0.05) is 12.1 Å². The first-order chi connectivity index (χ1) is 8.93. The maximum atomic E-state index is 11.6. The fraction of sp³-hybridized carbons (Fsp3) is 0.933. The van der Waals surface area contributed by atoms with Crippen LogP contribution in [0.15, 0.2) is 0 Å². The van der Waals surface area contributed by atoms with Gasteiger partial charge in [0.05, 0.1) is 0 Å². The lowest BCUT2D eigenvalue weighted by molar-refractivity contribution is -0.145. The Bertz CT molecular complexity index is 328. The summed E-state index contributed by atoms with van der Waals surface area (Å²) in [6.45, 7) is 5.54. The fourth-order valence-corrected chi connectivity index (χ4v) is 3.05. The van der Waals surface area contributed by atoms with E-state index in [1.807, 2.05) is 0 Å². The first-order valence-electron chi connectivity index (χ1n) is 7.64. The van der Waals surface area contributed by atoms with Crippen molar-refractivity contribution in [1.82, 2.24) is 10.2 Å². The van der Waals surface area contributed by atoms with Crippen molar-refractivity contribution in [2.24, 2.45) is 5.92 Å². The monoisotopic (exact) mass is 268 g/mol. The molecule has 0 bridgehead atoms. The molecule has 0 aliphatic heterocycles. The van der Waals surface area contributed by atoms with Crippen molar-refractivity contribution in [2.45, 2.75) is 70.0 Å². The Kier molecular flexibility index (Phi) is 4.51. The molecule has 0 spiro atoms. The quantitative estimate of drug-likeness (QED) is 0.742. The molecule has 2 saturated carbocycles. The molecule has 2 rings (SSSR count). The Hall–Kier alpha value is -0.610. The summed E-state index contributed by atoms with van der Waals surface area (Å²) in [6.07, 6.45) is 6.00. The molecule has 2 fully saturated rings. The molecule has 2 atom stereocenters. The molecule has 0 radical (unpaired) electrons. The van der Waals surface area contributed by atoms with Crippen LogP contribution in [0, 0.1) is 5.92 Å². The molecule has 0 aromatic rings. The Morgan fingerprint density at radius 3 is 2.63 bits per heavy atom. The zero-order valence-electron chi connectivity index (χ0n) is 12.5. The zero-order chi connectivity index (χ0) is 14.0. The van der Waals surface area contributed by atoms with Crippen molar-refractivity contribution in [3.8, 4) is 0 Å². The largest absolute Gasteiger partial charge is 0.480 e. The van der Waals surface area contributed by atoms with E-state index in [0.717, 1.165) is 38.6 Å². The van der Waals surface area contributed by atoms with E-state index in [0.29, 0.717) is 18.0 Å². The molecule has 0 amide bonds. The molecule has 0 saturated heterocycles. The lowest BCUT2D eigenvalue weighted by Gasteiger charge is -2.29. The molecule has 2 aliphatic carbocycles. The maximum absolute atomic E-state index is 11.6. The number of carboxylic acid groups (broad SMARTS) is 1. The van der Waals surface area contributed by atoms with Gasteiger partial charge in [-0.25, -0.2) is 0 Å². The molecule has 0 aromatic carbocycles. The second-order valence-corrected chi connectivity index (χ2v) is 6.87. The normalized spacial score (nSPS) is 31.3. The Morgan fingerprint density at radius 1 is 1.42 bits per heavy atom. The lowest BCUT2D eigenvalue weighted by atomic mass is 9.97. The summed E-state index contributed by atoms with van der Waals surface area (Å²) in [5, 5.41) is 13.0. The van der Waals surface area contributed by atoms with Crippen LogP contribution in [0.5, 0.6) is 0 Å². The smallest absolute Gasteiger partial charge is 0.323 e. The van der Waals surface area contributed by atoms with E-state index in [1.54, 1.807) is 0 Å². The Labute approximate surface area is 116 Å². The van der Waals surface area contributed by atoms with E-state index in [-0.39, 0.29) is 0 Å². The Balaban J connectivity index is 1.90. The molecular weight excluding hydrogens is 240 g/mol. The van der Waals surface area contributed by atoms with E-state index in [4.69, 9.17) is 0 Å². The summed E-state index contributed by atoms with van der Waals surface area (Å²) < 4.78 is 0. The minimum atomic E-state index is -0.655.